The Balaban J connectivity index is 1.77. The molecule has 8 heteroatoms. The topological polar surface area (TPSA) is 79.0 Å². The molecule has 4 rings (SSSR count). The average Bonchev–Trinajstić information content (AvgIpc) is 3.24. The highest BCUT2D eigenvalue weighted by Gasteiger charge is 2.39. The molecule has 0 unspecified atom stereocenters. The summed E-state index contributed by atoms with van der Waals surface area (Å²) in [6.07, 6.45) is 1.64. The maximum atomic E-state index is 13.2. The van der Waals surface area contributed by atoms with Crippen molar-refractivity contribution >= 4 is 31.6 Å². The van der Waals surface area contributed by atoms with Crippen molar-refractivity contribution in [1.29, 1.82) is 0 Å². The fourth-order valence-electron chi connectivity index (χ4n) is 3.35. The highest BCUT2D eigenvalue weighted by atomic mass is 32.2. The lowest BCUT2D eigenvalue weighted by atomic mass is 10.2. The van der Waals surface area contributed by atoms with Crippen LogP contribution >= 0.6 is 11.3 Å². The second kappa shape index (κ2) is 5.65. The number of benzene rings is 1. The molecule has 1 saturated heterocycles. The van der Waals surface area contributed by atoms with Gasteiger partial charge < -0.3 is 0 Å². The van der Waals surface area contributed by atoms with E-state index in [1.807, 2.05) is 24.3 Å². The molecule has 1 aliphatic heterocycles. The molecule has 1 atom stereocenters. The van der Waals surface area contributed by atoms with Gasteiger partial charge in [0.2, 0.25) is 10.0 Å². The predicted octanol–water partition coefficient (Wildman–Crippen LogP) is 3.16. The van der Waals surface area contributed by atoms with Crippen LogP contribution in [0.15, 0.2) is 29.2 Å². The molecule has 3 aromatic rings. The van der Waals surface area contributed by atoms with Crippen molar-refractivity contribution in [3.63, 3.8) is 0 Å². The number of hydrogen-bond donors (Lipinski definition) is 1. The maximum absolute atomic E-state index is 13.2. The Morgan fingerprint density at radius 1 is 1.29 bits per heavy atom. The van der Waals surface area contributed by atoms with Crippen molar-refractivity contribution in [2.24, 2.45) is 0 Å². The monoisotopic (exact) mass is 362 g/mol. The Kier molecular flexibility index (Phi) is 3.70. The largest absolute Gasteiger partial charge is 0.281 e. The van der Waals surface area contributed by atoms with Crippen molar-refractivity contribution in [1.82, 2.24) is 19.5 Å². The van der Waals surface area contributed by atoms with Crippen molar-refractivity contribution in [2.75, 3.05) is 6.54 Å². The third-order valence-corrected chi connectivity index (χ3v) is 7.74. The molecule has 1 aliphatic rings. The van der Waals surface area contributed by atoms with E-state index in [1.165, 1.54) is 0 Å². The van der Waals surface area contributed by atoms with Gasteiger partial charge in [0.05, 0.1) is 27.6 Å². The van der Waals surface area contributed by atoms with Crippen LogP contribution in [0, 0.1) is 13.8 Å². The average molecular weight is 362 g/mol. The summed E-state index contributed by atoms with van der Waals surface area (Å²) in [6.45, 7) is 3.99. The molecule has 0 aliphatic carbocycles. The van der Waals surface area contributed by atoms with Gasteiger partial charge in [0.25, 0.3) is 0 Å². The summed E-state index contributed by atoms with van der Waals surface area (Å²) in [7, 11) is -3.59. The van der Waals surface area contributed by atoms with Gasteiger partial charge in [-0.25, -0.2) is 13.4 Å². The second-order valence-electron chi connectivity index (χ2n) is 6.06. The normalized spacial score (nSPS) is 19.3. The Bertz CT molecular complexity index is 954. The molecule has 24 heavy (non-hydrogen) atoms. The molecular weight excluding hydrogens is 344 g/mol. The molecule has 126 valence electrons. The van der Waals surface area contributed by atoms with E-state index in [1.54, 1.807) is 29.5 Å². The molecule has 3 heterocycles. The minimum Gasteiger partial charge on any atom is -0.281 e. The minimum absolute atomic E-state index is 0.193. The van der Waals surface area contributed by atoms with Gasteiger partial charge in [-0.2, -0.15) is 9.40 Å². The van der Waals surface area contributed by atoms with Gasteiger partial charge in [-0.3, -0.25) is 5.10 Å². The fourth-order valence-corrected chi connectivity index (χ4v) is 6.52. The highest BCUT2D eigenvalue weighted by Crippen LogP contribution is 2.40. The zero-order valence-electron chi connectivity index (χ0n) is 13.5. The number of fused-ring (bicyclic) bond motifs is 1. The van der Waals surface area contributed by atoms with Gasteiger partial charge in [0.15, 0.2) is 0 Å². The fraction of sp³-hybridized carbons (Fsp3) is 0.375. The lowest BCUT2D eigenvalue weighted by molar-refractivity contribution is 0.395. The standard InChI is InChI=1S/C16H18N4O2S2/c1-10-15(11(2)19-18-10)24(21,22)20-9-5-7-13(20)16-17-12-6-3-4-8-14(12)23-16/h3-4,6,8,13H,5,7,9H2,1-2H3,(H,18,19)/t13-/m0/s1. The van der Waals surface area contributed by atoms with Crippen LogP contribution in [0.2, 0.25) is 0 Å². The van der Waals surface area contributed by atoms with Crippen molar-refractivity contribution in [2.45, 2.75) is 37.6 Å². The van der Waals surface area contributed by atoms with Gasteiger partial charge >= 0.3 is 0 Å². The van der Waals surface area contributed by atoms with Gasteiger partial charge in [0, 0.05) is 6.54 Å². The van der Waals surface area contributed by atoms with E-state index >= 15 is 0 Å². The van der Waals surface area contributed by atoms with Crippen LogP contribution in [0.1, 0.15) is 35.3 Å². The Morgan fingerprint density at radius 2 is 2.08 bits per heavy atom. The summed E-state index contributed by atoms with van der Waals surface area (Å²) in [5, 5.41) is 7.69. The summed E-state index contributed by atoms with van der Waals surface area (Å²) >= 11 is 1.58. The van der Waals surface area contributed by atoms with Crippen LogP contribution < -0.4 is 0 Å². The van der Waals surface area contributed by atoms with Crippen molar-refractivity contribution in [3.05, 3.63) is 40.7 Å². The van der Waals surface area contributed by atoms with E-state index in [9.17, 15) is 8.42 Å². The van der Waals surface area contributed by atoms with Gasteiger partial charge in [0.1, 0.15) is 9.90 Å². The number of nitrogens with zero attached hydrogens (tertiary/aromatic N) is 3. The molecule has 1 aromatic carbocycles. The molecule has 2 aromatic heterocycles. The zero-order chi connectivity index (χ0) is 16.9. The lowest BCUT2D eigenvalue weighted by Gasteiger charge is -2.22. The summed E-state index contributed by atoms with van der Waals surface area (Å²) in [4.78, 5) is 4.98. The van der Waals surface area contributed by atoms with Crippen LogP contribution in [-0.4, -0.2) is 34.4 Å². The number of para-hydroxylation sites is 1. The number of hydrogen-bond acceptors (Lipinski definition) is 5. The summed E-state index contributed by atoms with van der Waals surface area (Å²) < 4.78 is 29.0. The number of aromatic amines is 1. The second-order valence-corrected chi connectivity index (χ2v) is 8.95. The first kappa shape index (κ1) is 15.7. The molecular formula is C16H18N4O2S2. The van der Waals surface area contributed by atoms with Crippen molar-refractivity contribution in [3.8, 4) is 0 Å². The molecule has 6 nitrogen and oxygen atoms in total. The molecule has 1 N–H and O–H groups in total. The molecule has 0 spiro atoms. The highest BCUT2D eigenvalue weighted by molar-refractivity contribution is 7.89. The van der Waals surface area contributed by atoms with Crippen LogP contribution in [-0.2, 0) is 10.0 Å². The smallest absolute Gasteiger partial charge is 0.247 e. The van der Waals surface area contributed by atoms with E-state index < -0.39 is 10.0 Å². The molecule has 0 saturated carbocycles. The third-order valence-electron chi connectivity index (χ3n) is 4.43. The zero-order valence-corrected chi connectivity index (χ0v) is 15.1. The number of nitrogens with one attached hydrogen (secondary N) is 1. The molecule has 0 bridgehead atoms. The lowest BCUT2D eigenvalue weighted by Crippen LogP contribution is -2.31. The molecule has 0 radical (unpaired) electrons. The first-order valence-corrected chi connectivity index (χ1v) is 10.1. The summed E-state index contributed by atoms with van der Waals surface area (Å²) in [5.41, 5.74) is 2.03. The van der Waals surface area contributed by atoms with Crippen LogP contribution in [0.4, 0.5) is 0 Å². The minimum atomic E-state index is -3.59. The number of sulfonamides is 1. The third kappa shape index (κ3) is 2.37. The first-order chi connectivity index (χ1) is 11.5. The van der Waals surface area contributed by atoms with Crippen molar-refractivity contribution < 1.29 is 8.42 Å². The number of aromatic nitrogens is 3. The first-order valence-electron chi connectivity index (χ1n) is 7.87. The Hall–Kier alpha value is -1.77. The number of H-pyrrole nitrogens is 1. The Morgan fingerprint density at radius 3 is 2.79 bits per heavy atom. The predicted molar refractivity (Wildman–Crippen MR) is 93.5 cm³/mol. The number of rotatable bonds is 3. The molecule has 0 amide bonds. The van der Waals surface area contributed by atoms with Crippen LogP contribution in [0.5, 0.6) is 0 Å². The van der Waals surface area contributed by atoms with E-state index in [-0.39, 0.29) is 6.04 Å². The Labute approximate surface area is 144 Å². The van der Waals surface area contributed by atoms with E-state index in [2.05, 4.69) is 15.2 Å². The van der Waals surface area contributed by atoms with E-state index in [0.29, 0.717) is 22.8 Å². The summed E-state index contributed by atoms with van der Waals surface area (Å²) in [5.74, 6) is 0. The van der Waals surface area contributed by atoms with Gasteiger partial charge in [-0.15, -0.1) is 11.3 Å². The maximum Gasteiger partial charge on any atom is 0.247 e. The number of aryl methyl sites for hydroxylation is 2. The van der Waals surface area contributed by atoms with Gasteiger partial charge in [-0.1, -0.05) is 12.1 Å². The number of thiazole rings is 1. The summed E-state index contributed by atoms with van der Waals surface area (Å²) in [6, 6.07) is 7.72. The SMILES string of the molecule is Cc1n[nH]c(C)c1S(=O)(=O)N1CCC[C@H]1c1nc2ccccc2s1. The quantitative estimate of drug-likeness (QED) is 0.776. The molecule has 1 fully saturated rings. The van der Waals surface area contributed by atoms with Crippen LogP contribution in [0.3, 0.4) is 0 Å². The van der Waals surface area contributed by atoms with E-state index in [4.69, 9.17) is 0 Å². The van der Waals surface area contributed by atoms with E-state index in [0.717, 1.165) is 28.1 Å². The van der Waals surface area contributed by atoms with Gasteiger partial charge in [-0.05, 0) is 38.8 Å². The van der Waals surface area contributed by atoms with Crippen LogP contribution in [0.25, 0.3) is 10.2 Å².